The normalized spacial score (nSPS) is 10.8. The van der Waals surface area contributed by atoms with Gasteiger partial charge in [0.15, 0.2) is 12.2 Å². The van der Waals surface area contributed by atoms with Gasteiger partial charge in [-0.3, -0.25) is 4.68 Å². The highest BCUT2D eigenvalue weighted by molar-refractivity contribution is 6.17. The van der Waals surface area contributed by atoms with E-state index in [2.05, 4.69) is 10.1 Å². The molecule has 2 aromatic rings. The number of alkyl halides is 1. The van der Waals surface area contributed by atoms with Gasteiger partial charge in [-0.25, -0.2) is 4.98 Å². The van der Waals surface area contributed by atoms with Crippen molar-refractivity contribution in [3.8, 4) is 11.3 Å². The van der Waals surface area contributed by atoms with Crippen molar-refractivity contribution in [1.82, 2.24) is 14.8 Å². The van der Waals surface area contributed by atoms with E-state index in [1.807, 2.05) is 20.2 Å². The Morgan fingerprint density at radius 2 is 2.36 bits per heavy atom. The van der Waals surface area contributed by atoms with E-state index >= 15 is 0 Å². The average molecular weight is 212 g/mol. The smallest absolute Gasteiger partial charge is 0.181 e. The Labute approximate surface area is 86.5 Å². The van der Waals surface area contributed by atoms with Crippen LogP contribution < -0.4 is 0 Å². The Kier molecular flexibility index (Phi) is 2.29. The zero-order chi connectivity index (χ0) is 10.1. The van der Waals surface area contributed by atoms with Crippen molar-refractivity contribution < 1.29 is 4.42 Å². The molecule has 0 aliphatic carbocycles. The van der Waals surface area contributed by atoms with Gasteiger partial charge in [-0.2, -0.15) is 5.10 Å². The fourth-order valence-corrected chi connectivity index (χ4v) is 1.60. The first-order valence-corrected chi connectivity index (χ1v) is 4.74. The first kappa shape index (κ1) is 9.27. The molecule has 0 amide bonds. The van der Waals surface area contributed by atoms with Crippen molar-refractivity contribution >= 4 is 11.6 Å². The lowest BCUT2D eigenvalue weighted by atomic mass is 10.2. The summed E-state index contributed by atoms with van der Waals surface area (Å²) in [5, 5.41) is 4.23. The first-order valence-electron chi connectivity index (χ1n) is 4.21. The monoisotopic (exact) mass is 211 g/mol. The van der Waals surface area contributed by atoms with Gasteiger partial charge < -0.3 is 4.42 Å². The lowest BCUT2D eigenvalue weighted by Crippen LogP contribution is -1.86. The summed E-state index contributed by atoms with van der Waals surface area (Å²) in [5.74, 6) is 1.06. The second-order valence-corrected chi connectivity index (χ2v) is 3.33. The molecule has 4 nitrogen and oxygen atoms in total. The van der Waals surface area contributed by atoms with Crippen LogP contribution in [0.4, 0.5) is 0 Å². The average Bonchev–Trinajstić information content (AvgIpc) is 2.71. The van der Waals surface area contributed by atoms with E-state index in [0.717, 1.165) is 17.0 Å². The highest BCUT2D eigenvalue weighted by atomic mass is 35.5. The molecule has 0 aliphatic heterocycles. The lowest BCUT2D eigenvalue weighted by Gasteiger charge is -1.94. The molecule has 14 heavy (non-hydrogen) atoms. The summed E-state index contributed by atoms with van der Waals surface area (Å²) in [4.78, 5) is 4.03. The molecule has 2 rings (SSSR count). The third kappa shape index (κ3) is 1.42. The van der Waals surface area contributed by atoms with Crippen molar-refractivity contribution in [2.45, 2.75) is 12.8 Å². The van der Waals surface area contributed by atoms with Crippen LogP contribution in [0.15, 0.2) is 17.0 Å². The SMILES string of the molecule is Cc1nn(C)cc1-c1ocnc1CCl. The number of aromatic nitrogens is 3. The maximum Gasteiger partial charge on any atom is 0.181 e. The predicted octanol–water partition coefficient (Wildman–Crippen LogP) is 2.12. The topological polar surface area (TPSA) is 43.9 Å². The summed E-state index contributed by atoms with van der Waals surface area (Å²) in [6.45, 7) is 1.93. The Bertz CT molecular complexity index is 447. The van der Waals surface area contributed by atoms with Crippen LogP contribution >= 0.6 is 11.6 Å². The first-order chi connectivity index (χ1) is 6.72. The third-order valence-electron chi connectivity index (χ3n) is 2.03. The van der Waals surface area contributed by atoms with Crippen LogP contribution in [0.1, 0.15) is 11.4 Å². The summed E-state index contributed by atoms with van der Waals surface area (Å²) in [7, 11) is 1.87. The third-order valence-corrected chi connectivity index (χ3v) is 2.28. The molecule has 0 N–H and O–H groups in total. The Morgan fingerprint density at radius 1 is 1.57 bits per heavy atom. The van der Waals surface area contributed by atoms with E-state index in [-0.39, 0.29) is 0 Å². The number of aryl methyl sites for hydroxylation is 2. The number of hydrogen-bond donors (Lipinski definition) is 0. The minimum absolute atomic E-state index is 0.347. The molecule has 0 unspecified atom stereocenters. The zero-order valence-electron chi connectivity index (χ0n) is 7.99. The van der Waals surface area contributed by atoms with Gasteiger partial charge in [0.05, 0.1) is 17.1 Å². The minimum atomic E-state index is 0.347. The molecule has 2 aromatic heterocycles. The Balaban J connectivity index is 2.53. The van der Waals surface area contributed by atoms with Crippen LogP contribution in [0.3, 0.4) is 0 Å². The van der Waals surface area contributed by atoms with Crippen molar-refractivity contribution in [3.05, 3.63) is 24.0 Å². The standard InChI is InChI=1S/C9H10ClN3O/c1-6-7(4-13(2)12-6)9-8(3-10)11-5-14-9/h4-5H,3H2,1-2H3. The summed E-state index contributed by atoms with van der Waals surface area (Å²) < 4.78 is 7.03. The maximum absolute atomic E-state index is 5.73. The molecule has 5 heteroatoms. The van der Waals surface area contributed by atoms with E-state index in [1.54, 1.807) is 4.68 Å². The van der Waals surface area contributed by atoms with Crippen molar-refractivity contribution in [3.63, 3.8) is 0 Å². The van der Waals surface area contributed by atoms with Gasteiger partial charge in [0.25, 0.3) is 0 Å². The van der Waals surface area contributed by atoms with Crippen LogP contribution in [0.2, 0.25) is 0 Å². The molecule has 0 radical (unpaired) electrons. The predicted molar refractivity (Wildman–Crippen MR) is 53.0 cm³/mol. The quantitative estimate of drug-likeness (QED) is 0.715. The fraction of sp³-hybridized carbons (Fsp3) is 0.333. The number of nitrogens with zero attached hydrogens (tertiary/aromatic N) is 3. The van der Waals surface area contributed by atoms with Crippen LogP contribution in [0.5, 0.6) is 0 Å². The maximum atomic E-state index is 5.73. The van der Waals surface area contributed by atoms with Crippen LogP contribution in [0.25, 0.3) is 11.3 Å². The van der Waals surface area contributed by atoms with Gasteiger partial charge in [0, 0.05) is 13.2 Å². The van der Waals surface area contributed by atoms with E-state index in [9.17, 15) is 0 Å². The van der Waals surface area contributed by atoms with Crippen molar-refractivity contribution in [1.29, 1.82) is 0 Å². The molecule has 0 aromatic carbocycles. The van der Waals surface area contributed by atoms with Crippen LogP contribution in [0, 0.1) is 6.92 Å². The second kappa shape index (κ2) is 3.46. The molecular formula is C9H10ClN3O. The highest BCUT2D eigenvalue weighted by Gasteiger charge is 2.14. The van der Waals surface area contributed by atoms with Gasteiger partial charge in [-0.1, -0.05) is 0 Å². The molecule has 0 spiro atoms. The van der Waals surface area contributed by atoms with Gasteiger partial charge in [0.1, 0.15) is 5.69 Å². The number of hydrogen-bond acceptors (Lipinski definition) is 3. The molecular weight excluding hydrogens is 202 g/mol. The Hall–Kier alpha value is -1.29. The fourth-order valence-electron chi connectivity index (χ4n) is 1.41. The number of rotatable bonds is 2. The van der Waals surface area contributed by atoms with E-state index in [4.69, 9.17) is 16.0 Å². The van der Waals surface area contributed by atoms with E-state index in [1.165, 1.54) is 6.39 Å². The zero-order valence-corrected chi connectivity index (χ0v) is 8.75. The van der Waals surface area contributed by atoms with Gasteiger partial charge >= 0.3 is 0 Å². The molecule has 0 bridgehead atoms. The molecule has 0 atom stereocenters. The molecule has 0 saturated carbocycles. The summed E-state index contributed by atoms with van der Waals surface area (Å²) in [5.41, 5.74) is 2.61. The lowest BCUT2D eigenvalue weighted by molar-refractivity contribution is 0.571. The second-order valence-electron chi connectivity index (χ2n) is 3.06. The highest BCUT2D eigenvalue weighted by Crippen LogP contribution is 2.26. The molecule has 0 saturated heterocycles. The largest absolute Gasteiger partial charge is 0.443 e. The summed E-state index contributed by atoms with van der Waals surface area (Å²) in [6, 6.07) is 0. The van der Waals surface area contributed by atoms with Gasteiger partial charge in [-0.05, 0) is 6.92 Å². The molecule has 74 valence electrons. The summed E-state index contributed by atoms with van der Waals surface area (Å²) in [6.07, 6.45) is 3.30. The van der Waals surface area contributed by atoms with Crippen LogP contribution in [-0.2, 0) is 12.9 Å². The van der Waals surface area contributed by atoms with Gasteiger partial charge in [-0.15, -0.1) is 11.6 Å². The van der Waals surface area contributed by atoms with Crippen LogP contribution in [-0.4, -0.2) is 14.8 Å². The number of halogens is 1. The van der Waals surface area contributed by atoms with E-state index < -0.39 is 0 Å². The minimum Gasteiger partial charge on any atom is -0.443 e. The van der Waals surface area contributed by atoms with E-state index in [0.29, 0.717) is 11.6 Å². The Morgan fingerprint density at radius 3 is 2.93 bits per heavy atom. The number of oxazole rings is 1. The van der Waals surface area contributed by atoms with Crippen molar-refractivity contribution in [2.24, 2.45) is 7.05 Å². The molecule has 2 heterocycles. The molecule has 0 aliphatic rings. The van der Waals surface area contributed by atoms with Crippen molar-refractivity contribution in [2.75, 3.05) is 0 Å². The molecule has 0 fully saturated rings. The van der Waals surface area contributed by atoms with Gasteiger partial charge in [0.2, 0.25) is 0 Å². The summed E-state index contributed by atoms with van der Waals surface area (Å²) >= 11 is 5.73.